The van der Waals surface area contributed by atoms with Crippen LogP contribution in [0.4, 0.5) is 5.69 Å². The van der Waals surface area contributed by atoms with Gasteiger partial charge in [0.2, 0.25) is 10.0 Å². The van der Waals surface area contributed by atoms with Gasteiger partial charge >= 0.3 is 0 Å². The summed E-state index contributed by atoms with van der Waals surface area (Å²) in [6, 6.07) is 14.0. The topological polar surface area (TPSA) is 97.3 Å². The number of sulfonamides is 1. The Balaban J connectivity index is 1.71. The summed E-state index contributed by atoms with van der Waals surface area (Å²) in [6.45, 7) is 3.40. The first kappa shape index (κ1) is 29.8. The van der Waals surface area contributed by atoms with Crippen molar-refractivity contribution in [3.63, 3.8) is 0 Å². The summed E-state index contributed by atoms with van der Waals surface area (Å²) in [5, 5.41) is 4.99. The Kier molecular flexibility index (Phi) is 10.1. The Hall–Kier alpha value is -2.79. The number of hydrogen-bond donors (Lipinski definition) is 1. The van der Waals surface area contributed by atoms with Crippen LogP contribution in [0.15, 0.2) is 58.1 Å². The minimum atomic E-state index is -3.71. The first-order chi connectivity index (χ1) is 17.9. The fraction of sp³-hybridized carbons (Fsp3) is 0.231. The van der Waals surface area contributed by atoms with Crippen molar-refractivity contribution in [2.45, 2.75) is 20.5 Å². The molecule has 0 unspecified atom stereocenters. The van der Waals surface area contributed by atoms with Crippen LogP contribution in [0.25, 0.3) is 0 Å². The van der Waals surface area contributed by atoms with Gasteiger partial charge in [0, 0.05) is 15.6 Å². The molecule has 0 heterocycles. The summed E-state index contributed by atoms with van der Waals surface area (Å²) in [5.41, 5.74) is 5.78. The first-order valence-corrected chi connectivity index (χ1v) is 14.6. The van der Waals surface area contributed by atoms with Gasteiger partial charge in [0.05, 0.1) is 29.7 Å². The van der Waals surface area contributed by atoms with E-state index in [0.717, 1.165) is 27.3 Å². The van der Waals surface area contributed by atoms with E-state index in [4.69, 9.17) is 32.7 Å². The van der Waals surface area contributed by atoms with Gasteiger partial charge in [-0.3, -0.25) is 9.10 Å². The van der Waals surface area contributed by atoms with Gasteiger partial charge in [-0.25, -0.2) is 13.8 Å². The maximum Gasteiger partial charge on any atom is 0.260 e. The zero-order valence-corrected chi connectivity index (χ0v) is 25.0. The molecule has 1 N–H and O–H groups in total. The molecule has 1 amide bonds. The number of halogens is 3. The molecule has 0 atom stereocenters. The highest BCUT2D eigenvalue weighted by Gasteiger charge is 2.22. The van der Waals surface area contributed by atoms with E-state index in [1.54, 1.807) is 43.3 Å². The molecule has 3 aromatic carbocycles. The lowest BCUT2D eigenvalue weighted by Crippen LogP contribution is -2.39. The van der Waals surface area contributed by atoms with Gasteiger partial charge < -0.3 is 9.47 Å². The molecule has 202 valence electrons. The molecule has 38 heavy (non-hydrogen) atoms. The van der Waals surface area contributed by atoms with Gasteiger partial charge in [0.15, 0.2) is 11.5 Å². The predicted molar refractivity (Wildman–Crippen MR) is 155 cm³/mol. The summed E-state index contributed by atoms with van der Waals surface area (Å²) >= 11 is 15.7. The van der Waals surface area contributed by atoms with E-state index in [9.17, 15) is 13.2 Å². The number of nitrogens with zero attached hydrogens (tertiary/aromatic N) is 2. The third-order valence-corrected chi connectivity index (χ3v) is 7.67. The van der Waals surface area contributed by atoms with Crippen LogP contribution >= 0.6 is 39.1 Å². The fourth-order valence-corrected chi connectivity index (χ4v) is 5.40. The van der Waals surface area contributed by atoms with Crippen LogP contribution in [0.1, 0.15) is 22.3 Å². The number of hydrogen-bond acceptors (Lipinski definition) is 6. The molecule has 8 nitrogen and oxygen atoms in total. The summed E-state index contributed by atoms with van der Waals surface area (Å²) in [5.74, 6) is 0.283. The number of carbonyl (C=O) groups is 1. The Morgan fingerprint density at radius 3 is 2.53 bits per heavy atom. The van der Waals surface area contributed by atoms with E-state index in [0.29, 0.717) is 37.3 Å². The molecular formula is C26H26BrCl2N3O5S. The van der Waals surface area contributed by atoms with Crippen LogP contribution < -0.4 is 19.2 Å². The molecule has 0 aliphatic carbocycles. The molecule has 0 fully saturated rings. The zero-order valence-electron chi connectivity index (χ0n) is 21.1. The van der Waals surface area contributed by atoms with Crippen molar-refractivity contribution < 1.29 is 22.7 Å². The lowest BCUT2D eigenvalue weighted by atomic mass is 10.1. The Labute approximate surface area is 240 Å². The maximum absolute atomic E-state index is 12.6. The highest BCUT2D eigenvalue weighted by atomic mass is 79.9. The molecule has 0 radical (unpaired) electrons. The lowest BCUT2D eigenvalue weighted by molar-refractivity contribution is -0.119. The summed E-state index contributed by atoms with van der Waals surface area (Å²) in [4.78, 5) is 12.6. The Bertz CT molecular complexity index is 1480. The highest BCUT2D eigenvalue weighted by molar-refractivity contribution is 9.10. The van der Waals surface area contributed by atoms with Crippen LogP contribution in [-0.4, -0.2) is 40.4 Å². The van der Waals surface area contributed by atoms with Gasteiger partial charge in [-0.2, -0.15) is 5.10 Å². The summed E-state index contributed by atoms with van der Waals surface area (Å²) in [7, 11) is -2.21. The predicted octanol–water partition coefficient (Wildman–Crippen LogP) is 5.88. The number of methoxy groups -OCH3 is 1. The second-order valence-corrected chi connectivity index (χ2v) is 12.0. The van der Waals surface area contributed by atoms with Crippen molar-refractivity contribution >= 4 is 67.0 Å². The quantitative estimate of drug-likeness (QED) is 0.220. The molecule has 0 spiro atoms. The van der Waals surface area contributed by atoms with Crippen molar-refractivity contribution in [1.29, 1.82) is 0 Å². The molecule has 3 rings (SSSR count). The average molecular weight is 643 g/mol. The number of rotatable bonds is 10. The van der Waals surface area contributed by atoms with E-state index in [1.165, 1.54) is 13.3 Å². The zero-order chi connectivity index (χ0) is 28.0. The molecule has 0 saturated heterocycles. The number of amides is 1. The summed E-state index contributed by atoms with van der Waals surface area (Å²) in [6.07, 6.45) is 2.47. The van der Waals surface area contributed by atoms with Crippen LogP contribution in [-0.2, 0) is 21.4 Å². The van der Waals surface area contributed by atoms with Gasteiger partial charge in [-0.15, -0.1) is 0 Å². The molecule has 12 heteroatoms. The molecule has 3 aromatic rings. The van der Waals surface area contributed by atoms with E-state index >= 15 is 0 Å². The molecule has 0 aliphatic rings. The maximum atomic E-state index is 12.6. The van der Waals surface area contributed by atoms with E-state index in [1.807, 2.05) is 19.1 Å². The number of anilines is 1. The van der Waals surface area contributed by atoms with Crippen molar-refractivity contribution in [3.8, 4) is 11.5 Å². The van der Waals surface area contributed by atoms with Crippen LogP contribution in [0.5, 0.6) is 11.5 Å². The van der Waals surface area contributed by atoms with Crippen molar-refractivity contribution in [3.05, 3.63) is 85.3 Å². The Morgan fingerprint density at radius 1 is 1.13 bits per heavy atom. The van der Waals surface area contributed by atoms with Gasteiger partial charge in [0.25, 0.3) is 5.91 Å². The van der Waals surface area contributed by atoms with Gasteiger partial charge in [0.1, 0.15) is 13.2 Å². The van der Waals surface area contributed by atoms with E-state index in [2.05, 4.69) is 26.5 Å². The number of nitrogens with one attached hydrogen (secondary N) is 1. The van der Waals surface area contributed by atoms with Crippen molar-refractivity contribution in [2.24, 2.45) is 5.10 Å². The summed E-state index contributed by atoms with van der Waals surface area (Å²) < 4.78 is 37.8. The van der Waals surface area contributed by atoms with Crippen LogP contribution in [0, 0.1) is 13.8 Å². The smallest absolute Gasteiger partial charge is 0.260 e. The molecule has 0 bridgehead atoms. The minimum Gasteiger partial charge on any atom is -0.493 e. The van der Waals surface area contributed by atoms with Gasteiger partial charge in [-0.05, 0) is 76.8 Å². The molecule has 0 aliphatic heterocycles. The molecular weight excluding hydrogens is 617 g/mol. The minimum absolute atomic E-state index is 0.186. The van der Waals surface area contributed by atoms with Crippen LogP contribution in [0.3, 0.4) is 0 Å². The first-order valence-electron chi connectivity index (χ1n) is 11.2. The highest BCUT2D eigenvalue weighted by Crippen LogP contribution is 2.37. The third-order valence-electron chi connectivity index (χ3n) is 5.36. The van der Waals surface area contributed by atoms with Crippen LogP contribution in [0.2, 0.25) is 10.0 Å². The van der Waals surface area contributed by atoms with E-state index in [-0.39, 0.29) is 6.61 Å². The van der Waals surface area contributed by atoms with Gasteiger partial charge in [-0.1, -0.05) is 41.4 Å². The SMILES string of the molecule is COc1cc(/C=N\NC(=O)CN(c2cc(C)ccc2C)S(C)(=O)=O)cc(Br)c1OCc1ccc(Cl)cc1Cl. The molecule has 0 aromatic heterocycles. The molecule has 0 saturated carbocycles. The number of carbonyl (C=O) groups excluding carboxylic acids is 1. The van der Waals surface area contributed by atoms with E-state index < -0.39 is 22.5 Å². The normalized spacial score (nSPS) is 11.4. The van der Waals surface area contributed by atoms with Crippen molar-refractivity contribution in [2.75, 3.05) is 24.2 Å². The number of ether oxygens (including phenoxy) is 2. The number of hydrazone groups is 1. The Morgan fingerprint density at radius 2 is 1.87 bits per heavy atom. The third kappa shape index (κ3) is 7.86. The second-order valence-electron chi connectivity index (χ2n) is 8.41. The fourth-order valence-electron chi connectivity index (χ4n) is 3.46. The largest absolute Gasteiger partial charge is 0.493 e. The monoisotopic (exact) mass is 641 g/mol. The number of aryl methyl sites for hydroxylation is 2. The second kappa shape index (κ2) is 12.8. The van der Waals surface area contributed by atoms with Crippen molar-refractivity contribution in [1.82, 2.24) is 5.43 Å². The standard InChI is InChI=1S/C26H26BrCl2N3O5S/c1-16-5-6-17(2)23(9-16)32(38(4,34)35)14-25(33)31-30-13-18-10-21(27)26(24(11-18)36-3)37-15-19-7-8-20(28)12-22(19)29/h5-13H,14-15H2,1-4H3,(H,31,33)/b30-13-. The average Bonchev–Trinajstić information content (AvgIpc) is 2.83. The lowest BCUT2D eigenvalue weighted by Gasteiger charge is -2.23. The number of benzene rings is 3.